The van der Waals surface area contributed by atoms with Crippen LogP contribution in [0.5, 0.6) is 0 Å². The number of rotatable bonds is 3. The van der Waals surface area contributed by atoms with E-state index in [0.717, 1.165) is 36.0 Å². The van der Waals surface area contributed by atoms with Crippen molar-refractivity contribution < 1.29 is 0 Å². The van der Waals surface area contributed by atoms with E-state index in [-0.39, 0.29) is 0 Å². The molecule has 0 spiro atoms. The summed E-state index contributed by atoms with van der Waals surface area (Å²) in [5.74, 6) is 1.86. The van der Waals surface area contributed by atoms with E-state index in [9.17, 15) is 0 Å². The molecule has 2 heterocycles. The molecule has 0 aromatic carbocycles. The third-order valence-corrected chi connectivity index (χ3v) is 6.77. The Morgan fingerprint density at radius 3 is 2.14 bits per heavy atom. The molecule has 0 aromatic heterocycles. The molecule has 21 heavy (non-hydrogen) atoms. The van der Waals surface area contributed by atoms with E-state index >= 15 is 0 Å². The molecule has 3 rings (SSSR count). The molecule has 1 N–H and O–H groups in total. The monoisotopic (exact) mass is 292 g/mol. The maximum atomic E-state index is 4.08. The van der Waals surface area contributed by atoms with Gasteiger partial charge in [-0.2, -0.15) is 0 Å². The van der Waals surface area contributed by atoms with Crippen molar-refractivity contribution in [2.75, 3.05) is 7.05 Å². The van der Waals surface area contributed by atoms with E-state index in [4.69, 9.17) is 0 Å². The third kappa shape index (κ3) is 3.82. The van der Waals surface area contributed by atoms with Crippen molar-refractivity contribution in [2.45, 2.75) is 102 Å². The molecule has 2 bridgehead atoms. The van der Waals surface area contributed by atoms with E-state index in [1.165, 1.54) is 64.2 Å². The van der Waals surface area contributed by atoms with Gasteiger partial charge < -0.3 is 10.2 Å². The van der Waals surface area contributed by atoms with Crippen LogP contribution in [0.15, 0.2) is 0 Å². The molecule has 3 aliphatic rings. The molecule has 2 aliphatic heterocycles. The fraction of sp³-hybridized carbons (Fsp3) is 1.00. The number of nitrogens with one attached hydrogen (secondary N) is 1. The normalized spacial score (nSPS) is 42.0. The van der Waals surface area contributed by atoms with Crippen LogP contribution in [-0.4, -0.2) is 36.1 Å². The van der Waals surface area contributed by atoms with Crippen LogP contribution in [-0.2, 0) is 0 Å². The number of piperidine rings is 2. The van der Waals surface area contributed by atoms with Crippen molar-refractivity contribution in [2.24, 2.45) is 11.8 Å². The summed E-state index contributed by atoms with van der Waals surface area (Å²) in [4.78, 5) is 2.68. The second-order valence-corrected chi connectivity index (χ2v) is 8.45. The Bertz CT molecular complexity index is 314. The zero-order valence-corrected chi connectivity index (χ0v) is 14.5. The van der Waals surface area contributed by atoms with Crippen molar-refractivity contribution in [1.29, 1.82) is 0 Å². The van der Waals surface area contributed by atoms with E-state index in [1.807, 2.05) is 0 Å². The Hall–Kier alpha value is -0.0800. The first-order chi connectivity index (χ1) is 10.1. The first-order valence-electron chi connectivity index (χ1n) is 9.61. The SMILES string of the molecule is CC(C)C1CCCC(NC2CC3CCCC(C2)N3C)CC1. The molecule has 2 saturated heterocycles. The van der Waals surface area contributed by atoms with Crippen LogP contribution >= 0.6 is 0 Å². The zero-order chi connectivity index (χ0) is 14.8. The number of nitrogens with zero attached hydrogens (tertiary/aromatic N) is 1. The molecule has 0 amide bonds. The average Bonchev–Trinajstić information content (AvgIpc) is 2.65. The van der Waals surface area contributed by atoms with E-state index in [1.54, 1.807) is 0 Å². The summed E-state index contributed by atoms with van der Waals surface area (Å²) in [7, 11) is 2.36. The second-order valence-electron chi connectivity index (χ2n) is 8.45. The smallest absolute Gasteiger partial charge is 0.0110 e. The molecule has 1 aliphatic carbocycles. The molecular formula is C19H36N2. The van der Waals surface area contributed by atoms with Crippen molar-refractivity contribution in [1.82, 2.24) is 10.2 Å². The molecule has 3 fully saturated rings. The Kier molecular flexibility index (Phi) is 5.27. The lowest BCUT2D eigenvalue weighted by Crippen LogP contribution is -2.55. The largest absolute Gasteiger partial charge is 0.311 e. The number of hydrogen-bond acceptors (Lipinski definition) is 2. The summed E-state index contributed by atoms with van der Waals surface area (Å²) in [6, 6.07) is 3.34. The summed E-state index contributed by atoms with van der Waals surface area (Å²) in [5, 5.41) is 4.08. The lowest BCUT2D eigenvalue weighted by atomic mass is 9.82. The predicted octanol–water partition coefficient (Wildman–Crippen LogP) is 4.20. The van der Waals surface area contributed by atoms with E-state index in [2.05, 4.69) is 31.1 Å². The van der Waals surface area contributed by atoms with Crippen LogP contribution in [0.3, 0.4) is 0 Å². The van der Waals surface area contributed by atoms with Crippen molar-refractivity contribution in [3.05, 3.63) is 0 Å². The van der Waals surface area contributed by atoms with Gasteiger partial charge in [0, 0.05) is 24.2 Å². The van der Waals surface area contributed by atoms with Crippen molar-refractivity contribution >= 4 is 0 Å². The molecule has 0 aromatic rings. The van der Waals surface area contributed by atoms with Gasteiger partial charge in [-0.25, -0.2) is 0 Å². The van der Waals surface area contributed by atoms with Crippen LogP contribution in [0.1, 0.15) is 78.1 Å². The fourth-order valence-corrected chi connectivity index (χ4v) is 5.25. The molecule has 1 saturated carbocycles. The maximum absolute atomic E-state index is 4.08. The standard InChI is InChI=1S/C19H36N2/c1-14(2)15-6-4-7-16(11-10-15)20-17-12-18-8-5-9-19(13-17)21(18)3/h14-20H,4-13H2,1-3H3. The van der Waals surface area contributed by atoms with Crippen LogP contribution in [0.2, 0.25) is 0 Å². The number of fused-ring (bicyclic) bond motifs is 2. The highest BCUT2D eigenvalue weighted by Gasteiger charge is 2.36. The molecule has 0 radical (unpaired) electrons. The van der Waals surface area contributed by atoms with Gasteiger partial charge in [0.25, 0.3) is 0 Å². The van der Waals surface area contributed by atoms with Crippen molar-refractivity contribution in [3.8, 4) is 0 Å². The first kappa shape index (κ1) is 15.8. The van der Waals surface area contributed by atoms with Gasteiger partial charge in [0.1, 0.15) is 0 Å². The minimum absolute atomic E-state index is 0.803. The summed E-state index contributed by atoms with van der Waals surface area (Å²) in [5.41, 5.74) is 0. The van der Waals surface area contributed by atoms with Gasteiger partial charge >= 0.3 is 0 Å². The van der Waals surface area contributed by atoms with Gasteiger partial charge in [0.15, 0.2) is 0 Å². The maximum Gasteiger partial charge on any atom is 0.0110 e. The molecular weight excluding hydrogens is 256 g/mol. The van der Waals surface area contributed by atoms with Crippen LogP contribution < -0.4 is 5.32 Å². The Labute approximate surface area is 132 Å². The highest BCUT2D eigenvalue weighted by Crippen LogP contribution is 2.34. The minimum atomic E-state index is 0.803. The van der Waals surface area contributed by atoms with E-state index < -0.39 is 0 Å². The molecule has 122 valence electrons. The molecule has 2 heteroatoms. The Morgan fingerprint density at radius 2 is 1.48 bits per heavy atom. The summed E-state index contributed by atoms with van der Waals surface area (Å²) in [6.45, 7) is 4.83. The molecule has 4 unspecified atom stereocenters. The summed E-state index contributed by atoms with van der Waals surface area (Å²) in [6.07, 6.45) is 14.3. The third-order valence-electron chi connectivity index (χ3n) is 6.77. The van der Waals surface area contributed by atoms with Crippen LogP contribution in [0.4, 0.5) is 0 Å². The minimum Gasteiger partial charge on any atom is -0.311 e. The summed E-state index contributed by atoms with van der Waals surface area (Å²) < 4.78 is 0. The summed E-state index contributed by atoms with van der Waals surface area (Å²) >= 11 is 0. The van der Waals surface area contributed by atoms with E-state index in [0.29, 0.717) is 0 Å². The van der Waals surface area contributed by atoms with Gasteiger partial charge in [-0.1, -0.05) is 33.1 Å². The lowest BCUT2D eigenvalue weighted by Gasteiger charge is -2.48. The van der Waals surface area contributed by atoms with Crippen LogP contribution in [0.25, 0.3) is 0 Å². The zero-order valence-electron chi connectivity index (χ0n) is 14.5. The Balaban J connectivity index is 1.50. The quantitative estimate of drug-likeness (QED) is 0.784. The van der Waals surface area contributed by atoms with Gasteiger partial charge in [-0.05, 0) is 63.8 Å². The van der Waals surface area contributed by atoms with Gasteiger partial charge in [0.05, 0.1) is 0 Å². The van der Waals surface area contributed by atoms with Gasteiger partial charge in [-0.15, -0.1) is 0 Å². The average molecular weight is 293 g/mol. The first-order valence-corrected chi connectivity index (χ1v) is 9.61. The highest BCUT2D eigenvalue weighted by molar-refractivity contribution is 4.94. The second kappa shape index (κ2) is 7.00. The highest BCUT2D eigenvalue weighted by atomic mass is 15.2. The fourth-order valence-electron chi connectivity index (χ4n) is 5.25. The van der Waals surface area contributed by atoms with Gasteiger partial charge in [-0.3, -0.25) is 0 Å². The van der Waals surface area contributed by atoms with Crippen LogP contribution in [0, 0.1) is 11.8 Å². The molecule has 2 nitrogen and oxygen atoms in total. The lowest BCUT2D eigenvalue weighted by molar-refractivity contribution is 0.0452. The number of hydrogen-bond donors (Lipinski definition) is 1. The topological polar surface area (TPSA) is 15.3 Å². The van der Waals surface area contributed by atoms with Gasteiger partial charge in [0.2, 0.25) is 0 Å². The van der Waals surface area contributed by atoms with Crippen molar-refractivity contribution in [3.63, 3.8) is 0 Å². The molecule has 4 atom stereocenters. The predicted molar refractivity (Wildman–Crippen MR) is 90.5 cm³/mol. The Morgan fingerprint density at radius 1 is 0.810 bits per heavy atom.